The number of amides is 1. The highest BCUT2D eigenvalue weighted by Crippen LogP contribution is 2.18. The van der Waals surface area contributed by atoms with Crippen molar-refractivity contribution >= 4 is 11.6 Å². The number of anilines is 1. The minimum Gasteiger partial charge on any atom is -0.314 e. The van der Waals surface area contributed by atoms with Crippen molar-refractivity contribution in [3.63, 3.8) is 0 Å². The van der Waals surface area contributed by atoms with E-state index in [0.29, 0.717) is 12.3 Å². The lowest BCUT2D eigenvalue weighted by Crippen LogP contribution is -2.31. The molecule has 0 bridgehead atoms. The number of benzene rings is 1. The maximum absolute atomic E-state index is 12.1. The summed E-state index contributed by atoms with van der Waals surface area (Å²) < 4.78 is 0. The van der Waals surface area contributed by atoms with E-state index in [1.54, 1.807) is 11.9 Å². The first-order valence-electron chi connectivity index (χ1n) is 6.75. The van der Waals surface area contributed by atoms with Crippen LogP contribution in [0.15, 0.2) is 24.3 Å². The zero-order valence-electron chi connectivity index (χ0n) is 12.2. The molecule has 3 heteroatoms. The Morgan fingerprint density at radius 3 is 2.32 bits per heavy atom. The van der Waals surface area contributed by atoms with Gasteiger partial charge >= 0.3 is 0 Å². The summed E-state index contributed by atoms with van der Waals surface area (Å²) in [7, 11) is 1.72. The van der Waals surface area contributed by atoms with Crippen molar-refractivity contribution in [3.05, 3.63) is 29.8 Å². The molecule has 0 fully saturated rings. The Balaban J connectivity index is 2.80. The van der Waals surface area contributed by atoms with Crippen LogP contribution in [-0.4, -0.2) is 13.0 Å². The van der Waals surface area contributed by atoms with Gasteiger partial charge in [-0.25, -0.2) is 0 Å². The summed E-state index contributed by atoms with van der Waals surface area (Å²) in [6.45, 7) is 6.22. The van der Waals surface area contributed by atoms with Crippen molar-refractivity contribution < 1.29 is 4.79 Å². The second kappa shape index (κ2) is 6.94. The quantitative estimate of drug-likeness (QED) is 0.812. The molecule has 0 aliphatic heterocycles. The van der Waals surface area contributed by atoms with Gasteiger partial charge in [0, 0.05) is 12.7 Å². The third-order valence-corrected chi connectivity index (χ3v) is 3.16. The molecule has 1 aromatic rings. The summed E-state index contributed by atoms with van der Waals surface area (Å²) in [6, 6.07) is 10.0. The summed E-state index contributed by atoms with van der Waals surface area (Å²) in [6.07, 6.45) is 1.58. The summed E-state index contributed by atoms with van der Waals surface area (Å²) in [5.74, 6) is -0.0739. The van der Waals surface area contributed by atoms with Gasteiger partial charge in [-0.15, -0.1) is 0 Å². The van der Waals surface area contributed by atoms with E-state index in [2.05, 4.69) is 13.8 Å². The molecular weight excluding hydrogens is 236 g/mol. The third-order valence-electron chi connectivity index (χ3n) is 3.16. The van der Waals surface area contributed by atoms with E-state index in [9.17, 15) is 4.79 Å². The van der Waals surface area contributed by atoms with Crippen molar-refractivity contribution in [1.29, 1.82) is 5.26 Å². The monoisotopic (exact) mass is 258 g/mol. The van der Waals surface area contributed by atoms with E-state index in [0.717, 1.165) is 12.1 Å². The minimum atomic E-state index is -0.555. The molecule has 1 amide bonds. The third kappa shape index (κ3) is 4.10. The number of hydrogen-bond donors (Lipinski definition) is 0. The average Bonchev–Trinajstić information content (AvgIpc) is 2.39. The van der Waals surface area contributed by atoms with E-state index in [1.807, 2.05) is 37.3 Å². The van der Waals surface area contributed by atoms with Crippen LogP contribution in [0.5, 0.6) is 0 Å². The van der Waals surface area contributed by atoms with E-state index in [1.165, 1.54) is 5.56 Å². The molecule has 0 radical (unpaired) electrons. The lowest BCUT2D eigenvalue weighted by molar-refractivity contribution is -0.120. The molecule has 0 N–H and O–H groups in total. The smallest absolute Gasteiger partial charge is 0.244 e. The number of nitriles is 1. The van der Waals surface area contributed by atoms with Crippen LogP contribution in [0.1, 0.15) is 32.8 Å². The second-order valence-electron chi connectivity index (χ2n) is 5.25. The van der Waals surface area contributed by atoms with Crippen LogP contribution < -0.4 is 4.90 Å². The molecule has 3 nitrogen and oxygen atoms in total. The van der Waals surface area contributed by atoms with Crippen LogP contribution in [0.3, 0.4) is 0 Å². The molecule has 0 aliphatic carbocycles. The molecular formula is C16H22N2O. The lowest BCUT2D eigenvalue weighted by Gasteiger charge is -2.20. The summed E-state index contributed by atoms with van der Waals surface area (Å²) in [4.78, 5) is 13.6. The molecule has 1 rings (SSSR count). The van der Waals surface area contributed by atoms with E-state index >= 15 is 0 Å². The van der Waals surface area contributed by atoms with Crippen LogP contribution >= 0.6 is 0 Å². The maximum Gasteiger partial charge on any atom is 0.244 e. The van der Waals surface area contributed by atoms with Crippen LogP contribution in [-0.2, 0) is 11.2 Å². The molecule has 0 heterocycles. The van der Waals surface area contributed by atoms with Gasteiger partial charge in [0.2, 0.25) is 5.91 Å². The van der Waals surface area contributed by atoms with Crippen molar-refractivity contribution in [3.8, 4) is 6.07 Å². The Kier molecular flexibility index (Phi) is 5.57. The first-order chi connectivity index (χ1) is 8.99. The van der Waals surface area contributed by atoms with Gasteiger partial charge in [-0.3, -0.25) is 4.79 Å². The highest BCUT2D eigenvalue weighted by Gasteiger charge is 2.20. The van der Waals surface area contributed by atoms with Crippen LogP contribution in [0.4, 0.5) is 5.69 Å². The number of nitrogens with zero attached hydrogens (tertiary/aromatic N) is 2. The molecule has 0 saturated heterocycles. The minimum absolute atomic E-state index is 0.137. The fraction of sp³-hybridized carbons (Fsp3) is 0.500. The highest BCUT2D eigenvalue weighted by molar-refractivity contribution is 5.95. The molecule has 1 atom stereocenters. The second-order valence-corrected chi connectivity index (χ2v) is 5.25. The van der Waals surface area contributed by atoms with Gasteiger partial charge in [0.1, 0.15) is 5.92 Å². The van der Waals surface area contributed by atoms with Gasteiger partial charge in [0.15, 0.2) is 0 Å². The van der Waals surface area contributed by atoms with Crippen LogP contribution in [0, 0.1) is 23.2 Å². The van der Waals surface area contributed by atoms with Crippen LogP contribution in [0.2, 0.25) is 0 Å². The predicted octanol–water partition coefficient (Wildman–Crippen LogP) is 3.40. The topological polar surface area (TPSA) is 44.1 Å². The SMILES string of the molecule is CCC(C#N)C(=O)N(C)c1ccc(CC(C)C)cc1. The normalized spacial score (nSPS) is 12.0. The van der Waals surface area contributed by atoms with E-state index in [-0.39, 0.29) is 5.91 Å². The molecule has 102 valence electrons. The Morgan fingerprint density at radius 2 is 1.89 bits per heavy atom. The van der Waals surface area contributed by atoms with Crippen molar-refractivity contribution in [2.45, 2.75) is 33.6 Å². The Hall–Kier alpha value is -1.82. The van der Waals surface area contributed by atoms with Gasteiger partial charge in [-0.1, -0.05) is 32.9 Å². The van der Waals surface area contributed by atoms with Crippen LogP contribution in [0.25, 0.3) is 0 Å². The van der Waals surface area contributed by atoms with Gasteiger partial charge in [-0.05, 0) is 36.5 Å². The van der Waals surface area contributed by atoms with Crippen molar-refractivity contribution in [1.82, 2.24) is 0 Å². The molecule has 0 saturated carbocycles. The number of carbonyl (C=O) groups excluding carboxylic acids is 1. The molecule has 1 aromatic carbocycles. The summed E-state index contributed by atoms with van der Waals surface area (Å²) >= 11 is 0. The average molecular weight is 258 g/mol. The fourth-order valence-corrected chi connectivity index (χ4v) is 2.01. The van der Waals surface area contributed by atoms with Crippen molar-refractivity contribution in [2.24, 2.45) is 11.8 Å². The zero-order chi connectivity index (χ0) is 14.4. The maximum atomic E-state index is 12.1. The zero-order valence-corrected chi connectivity index (χ0v) is 12.2. The molecule has 0 aromatic heterocycles. The number of hydrogen-bond acceptors (Lipinski definition) is 2. The van der Waals surface area contributed by atoms with Crippen molar-refractivity contribution in [2.75, 3.05) is 11.9 Å². The standard InChI is InChI=1S/C16H22N2O/c1-5-14(11-17)16(19)18(4)15-8-6-13(7-9-15)10-12(2)3/h6-9,12,14H,5,10H2,1-4H3. The Morgan fingerprint density at radius 1 is 1.32 bits per heavy atom. The van der Waals surface area contributed by atoms with Gasteiger partial charge in [0.05, 0.1) is 6.07 Å². The first-order valence-corrected chi connectivity index (χ1v) is 6.75. The fourth-order valence-electron chi connectivity index (χ4n) is 2.01. The molecule has 19 heavy (non-hydrogen) atoms. The lowest BCUT2D eigenvalue weighted by atomic mass is 10.0. The first kappa shape index (κ1) is 15.2. The van der Waals surface area contributed by atoms with Gasteiger partial charge in [-0.2, -0.15) is 5.26 Å². The highest BCUT2D eigenvalue weighted by atomic mass is 16.2. The summed E-state index contributed by atoms with van der Waals surface area (Å²) in [5.41, 5.74) is 2.11. The number of rotatable bonds is 5. The summed E-state index contributed by atoms with van der Waals surface area (Å²) in [5, 5.41) is 8.94. The van der Waals surface area contributed by atoms with E-state index < -0.39 is 5.92 Å². The van der Waals surface area contributed by atoms with Gasteiger partial charge in [0.25, 0.3) is 0 Å². The molecule has 1 unspecified atom stereocenters. The van der Waals surface area contributed by atoms with Gasteiger partial charge < -0.3 is 4.90 Å². The molecule has 0 spiro atoms. The largest absolute Gasteiger partial charge is 0.314 e. The van der Waals surface area contributed by atoms with E-state index in [4.69, 9.17) is 5.26 Å². The predicted molar refractivity (Wildman–Crippen MR) is 77.8 cm³/mol. The Bertz CT molecular complexity index is 457. The number of carbonyl (C=O) groups is 1. The Labute approximate surface area is 115 Å². The molecule has 0 aliphatic rings.